The highest BCUT2D eigenvalue weighted by atomic mass is 79.9. The van der Waals surface area contributed by atoms with Crippen molar-refractivity contribution in [2.45, 2.75) is 24.2 Å². The normalized spacial score (nSPS) is 18.3. The smallest absolute Gasteiger partial charge is 0.360 e. The highest BCUT2D eigenvalue weighted by molar-refractivity contribution is 9.10. The summed E-state index contributed by atoms with van der Waals surface area (Å²) in [5.41, 5.74) is -0.0639. The lowest BCUT2D eigenvalue weighted by atomic mass is 10.2. The van der Waals surface area contributed by atoms with Crippen LogP contribution in [0.15, 0.2) is 45.8 Å². The van der Waals surface area contributed by atoms with E-state index in [4.69, 9.17) is 0 Å². The number of alkyl halides is 3. The summed E-state index contributed by atoms with van der Waals surface area (Å²) in [5, 5.41) is 5.02. The van der Waals surface area contributed by atoms with Gasteiger partial charge in [-0.25, -0.2) is 8.42 Å². The van der Waals surface area contributed by atoms with Crippen LogP contribution < -0.4 is 15.4 Å². The van der Waals surface area contributed by atoms with E-state index in [-0.39, 0.29) is 10.6 Å². The van der Waals surface area contributed by atoms with E-state index in [9.17, 15) is 26.4 Å². The van der Waals surface area contributed by atoms with Crippen LogP contribution in [0.1, 0.15) is 11.1 Å². The SMILES string of the molecule is Cc1cc(NC(=O)C2Nc3cc(C(F)(F)F)ccc3S(=O)(=O)N2)ccc1Br. The van der Waals surface area contributed by atoms with Crippen molar-refractivity contribution in [3.63, 3.8) is 0 Å². The number of rotatable bonds is 2. The van der Waals surface area contributed by atoms with Gasteiger partial charge in [0.1, 0.15) is 4.90 Å². The number of fused-ring (bicyclic) bond motifs is 1. The number of sulfonamides is 1. The fourth-order valence-corrected chi connectivity index (χ4v) is 4.02. The zero-order valence-corrected chi connectivity index (χ0v) is 16.1. The lowest BCUT2D eigenvalue weighted by Gasteiger charge is -2.27. The van der Waals surface area contributed by atoms with E-state index in [1.807, 2.05) is 0 Å². The second-order valence-electron chi connectivity index (χ2n) is 5.86. The van der Waals surface area contributed by atoms with Crippen LogP contribution >= 0.6 is 15.9 Å². The van der Waals surface area contributed by atoms with Gasteiger partial charge in [0.05, 0.1) is 11.3 Å². The van der Waals surface area contributed by atoms with Gasteiger partial charge in [0.15, 0.2) is 6.17 Å². The Hall–Kier alpha value is -2.11. The molecule has 2 aromatic rings. The maximum atomic E-state index is 12.9. The van der Waals surface area contributed by atoms with Gasteiger partial charge in [-0.05, 0) is 48.9 Å². The number of halogens is 4. The van der Waals surface area contributed by atoms with Gasteiger partial charge in [0, 0.05) is 10.2 Å². The van der Waals surface area contributed by atoms with Crippen LogP contribution in [0.3, 0.4) is 0 Å². The molecule has 1 heterocycles. The number of carbonyl (C=O) groups is 1. The van der Waals surface area contributed by atoms with Crippen LogP contribution in [0.2, 0.25) is 0 Å². The Morgan fingerprint density at radius 3 is 2.52 bits per heavy atom. The molecule has 11 heteroatoms. The molecule has 0 fully saturated rings. The summed E-state index contributed by atoms with van der Waals surface area (Å²) < 4.78 is 66.2. The third-order valence-electron chi connectivity index (χ3n) is 3.86. The number of anilines is 2. The Bertz CT molecular complexity index is 1030. The third-order valence-corrected chi connectivity index (χ3v) is 6.23. The monoisotopic (exact) mass is 463 g/mol. The Kier molecular flexibility index (Phi) is 4.95. The van der Waals surface area contributed by atoms with Gasteiger partial charge in [-0.3, -0.25) is 4.79 Å². The minimum Gasteiger partial charge on any atom is -0.360 e. The Morgan fingerprint density at radius 2 is 1.89 bits per heavy atom. The van der Waals surface area contributed by atoms with E-state index >= 15 is 0 Å². The molecule has 1 unspecified atom stereocenters. The van der Waals surface area contributed by atoms with Crippen molar-refractivity contribution in [2.75, 3.05) is 10.6 Å². The molecule has 0 aliphatic carbocycles. The molecular formula is C16H13BrF3N3O3S. The summed E-state index contributed by atoms with van der Waals surface area (Å²) >= 11 is 3.32. The van der Waals surface area contributed by atoms with Crippen LogP contribution in [0.4, 0.5) is 24.5 Å². The first-order valence-electron chi connectivity index (χ1n) is 7.54. The zero-order chi connectivity index (χ0) is 20.0. The zero-order valence-electron chi connectivity index (χ0n) is 13.7. The summed E-state index contributed by atoms with van der Waals surface area (Å²) in [7, 11) is -4.15. The number of amides is 1. The molecule has 2 aromatic carbocycles. The molecule has 3 rings (SSSR count). The molecule has 144 valence electrons. The molecular weight excluding hydrogens is 451 g/mol. The molecule has 1 amide bonds. The maximum absolute atomic E-state index is 12.9. The van der Waals surface area contributed by atoms with Crippen LogP contribution in [0.25, 0.3) is 0 Å². The summed E-state index contributed by atoms with van der Waals surface area (Å²) in [4.78, 5) is 12.0. The van der Waals surface area contributed by atoms with Crippen LogP contribution in [-0.4, -0.2) is 20.5 Å². The molecule has 0 bridgehead atoms. The second-order valence-corrected chi connectivity index (χ2v) is 8.40. The minimum atomic E-state index is -4.64. The van der Waals surface area contributed by atoms with Gasteiger partial charge in [-0.1, -0.05) is 15.9 Å². The summed E-state index contributed by atoms with van der Waals surface area (Å²) in [5.74, 6) is -0.761. The Morgan fingerprint density at radius 1 is 1.19 bits per heavy atom. The number of hydrogen-bond donors (Lipinski definition) is 3. The fraction of sp³-hybridized carbons (Fsp3) is 0.188. The summed E-state index contributed by atoms with van der Waals surface area (Å²) in [6.07, 6.45) is -6.10. The van der Waals surface area contributed by atoms with Gasteiger partial charge in [0.2, 0.25) is 10.0 Å². The number of nitrogens with one attached hydrogen (secondary N) is 3. The predicted molar refractivity (Wildman–Crippen MR) is 96.7 cm³/mol. The van der Waals surface area contributed by atoms with Crippen molar-refractivity contribution >= 4 is 43.2 Å². The average Bonchev–Trinajstić information content (AvgIpc) is 2.56. The Balaban J connectivity index is 1.89. The molecule has 1 atom stereocenters. The Labute approximate surface area is 161 Å². The summed E-state index contributed by atoms with van der Waals surface area (Å²) in [6, 6.07) is 7.15. The number of hydrogen-bond acceptors (Lipinski definition) is 4. The van der Waals surface area contributed by atoms with Crippen LogP contribution in [0, 0.1) is 6.92 Å². The highest BCUT2D eigenvalue weighted by Crippen LogP contribution is 2.35. The van der Waals surface area contributed by atoms with Gasteiger partial charge >= 0.3 is 6.18 Å². The quantitative estimate of drug-likeness (QED) is 0.636. The van der Waals surface area contributed by atoms with Crippen molar-refractivity contribution in [3.05, 3.63) is 52.0 Å². The first kappa shape index (κ1) is 19.6. The molecule has 3 N–H and O–H groups in total. The van der Waals surface area contributed by atoms with E-state index in [1.54, 1.807) is 25.1 Å². The van der Waals surface area contributed by atoms with Crippen LogP contribution in [-0.2, 0) is 21.0 Å². The van der Waals surface area contributed by atoms with Gasteiger partial charge in [-0.2, -0.15) is 17.9 Å². The molecule has 0 saturated heterocycles. The van der Waals surface area contributed by atoms with Crippen molar-refractivity contribution in [2.24, 2.45) is 0 Å². The molecule has 1 aliphatic rings. The van der Waals surface area contributed by atoms with E-state index in [0.717, 1.165) is 16.1 Å². The number of aryl methyl sites for hydroxylation is 1. The molecule has 1 aliphatic heterocycles. The van der Waals surface area contributed by atoms with Crippen molar-refractivity contribution < 1.29 is 26.4 Å². The topological polar surface area (TPSA) is 87.3 Å². The van der Waals surface area contributed by atoms with Crippen LogP contribution in [0.5, 0.6) is 0 Å². The number of benzene rings is 2. The standard InChI is InChI=1S/C16H13BrF3N3O3S/c1-8-6-10(3-4-11(8)17)21-15(24)14-22-12-7-9(16(18,19)20)2-5-13(12)27(25,26)23-14/h2-7,14,22-23H,1H3,(H,21,24). The lowest BCUT2D eigenvalue weighted by molar-refractivity contribution is -0.137. The largest absolute Gasteiger partial charge is 0.416 e. The summed E-state index contributed by atoms with van der Waals surface area (Å²) in [6.45, 7) is 1.80. The van der Waals surface area contributed by atoms with Gasteiger partial charge < -0.3 is 10.6 Å². The van der Waals surface area contributed by atoms with Gasteiger partial charge in [0.25, 0.3) is 5.91 Å². The average molecular weight is 464 g/mol. The van der Waals surface area contributed by atoms with E-state index in [2.05, 4.69) is 31.3 Å². The fourth-order valence-electron chi connectivity index (χ4n) is 2.51. The second kappa shape index (κ2) is 6.80. The molecule has 27 heavy (non-hydrogen) atoms. The third kappa shape index (κ3) is 4.09. The van der Waals surface area contributed by atoms with Crippen molar-refractivity contribution in [1.82, 2.24) is 4.72 Å². The molecule has 0 saturated carbocycles. The molecule has 0 spiro atoms. The van der Waals surface area contributed by atoms with Crippen molar-refractivity contribution in [1.29, 1.82) is 0 Å². The minimum absolute atomic E-state index is 0.296. The molecule has 0 aromatic heterocycles. The first-order chi connectivity index (χ1) is 12.5. The molecule has 0 radical (unpaired) electrons. The van der Waals surface area contributed by atoms with E-state index in [1.165, 1.54) is 0 Å². The van der Waals surface area contributed by atoms with Crippen molar-refractivity contribution in [3.8, 4) is 0 Å². The molecule has 6 nitrogen and oxygen atoms in total. The highest BCUT2D eigenvalue weighted by Gasteiger charge is 2.37. The first-order valence-corrected chi connectivity index (χ1v) is 9.82. The predicted octanol–water partition coefficient (Wildman–Crippen LogP) is 3.44. The van der Waals surface area contributed by atoms with E-state index < -0.39 is 33.8 Å². The maximum Gasteiger partial charge on any atom is 0.416 e. The number of carbonyl (C=O) groups excluding carboxylic acids is 1. The van der Waals surface area contributed by atoms with E-state index in [0.29, 0.717) is 17.8 Å². The lowest BCUT2D eigenvalue weighted by Crippen LogP contribution is -2.51. The van der Waals surface area contributed by atoms with Gasteiger partial charge in [-0.15, -0.1) is 0 Å².